The number of benzene rings is 2. The molecule has 2 fully saturated rings. The van der Waals surface area contributed by atoms with Crippen LogP contribution < -0.4 is 4.74 Å². The molecule has 0 aliphatic carbocycles. The summed E-state index contributed by atoms with van der Waals surface area (Å²) in [6.07, 6.45) is -15.0. The Morgan fingerprint density at radius 3 is 2.14 bits per heavy atom. The Morgan fingerprint density at radius 1 is 0.786 bits per heavy atom. The van der Waals surface area contributed by atoms with E-state index in [0.29, 0.717) is 0 Å². The van der Waals surface area contributed by atoms with Crippen LogP contribution >= 0.6 is 0 Å². The number of rotatable bonds is 6. The first kappa shape index (κ1) is 29.9. The van der Waals surface area contributed by atoms with Gasteiger partial charge in [0.2, 0.25) is 6.29 Å². The molecule has 5 rings (SSSR count). The third kappa shape index (κ3) is 5.47. The summed E-state index contributed by atoms with van der Waals surface area (Å²) in [5.41, 5.74) is 0.0141. The zero-order valence-corrected chi connectivity index (χ0v) is 21.5. The molecule has 0 amide bonds. The van der Waals surface area contributed by atoms with Gasteiger partial charge in [0.15, 0.2) is 35.7 Å². The Morgan fingerprint density at radius 2 is 1.48 bits per heavy atom. The molecule has 3 heterocycles. The first-order chi connectivity index (χ1) is 19.9. The predicted octanol–water partition coefficient (Wildman–Crippen LogP) is -2.03. The lowest BCUT2D eigenvalue weighted by atomic mass is 9.97. The minimum atomic E-state index is -1.83. The maximum absolute atomic E-state index is 10.9. The molecular formula is C26H30O16. The van der Waals surface area contributed by atoms with E-state index < -0.39 is 97.6 Å². The number of aliphatic hydroxyl groups is 6. The number of ether oxygens (including phenoxy) is 5. The van der Waals surface area contributed by atoms with Gasteiger partial charge < -0.3 is 79.9 Å². The van der Waals surface area contributed by atoms with E-state index in [0.717, 1.165) is 18.2 Å². The molecule has 11 N–H and O–H groups in total. The molecule has 2 aromatic carbocycles. The monoisotopic (exact) mass is 598 g/mol. The van der Waals surface area contributed by atoms with Gasteiger partial charge >= 0.3 is 0 Å². The molecule has 2 saturated heterocycles. The van der Waals surface area contributed by atoms with Crippen molar-refractivity contribution in [2.24, 2.45) is 0 Å². The molecule has 0 radical (unpaired) electrons. The number of hydrogen-bond acceptors (Lipinski definition) is 16. The van der Waals surface area contributed by atoms with Crippen LogP contribution in [-0.2, 0) is 18.9 Å². The second-order valence-electron chi connectivity index (χ2n) is 10.0. The number of hydrogen-bond donors (Lipinski definition) is 11. The van der Waals surface area contributed by atoms with Crippen LogP contribution in [0.4, 0.5) is 0 Å². The fourth-order valence-electron chi connectivity index (χ4n) is 4.83. The smallest absolute Gasteiger partial charge is 0.229 e. The first-order valence-electron chi connectivity index (χ1n) is 12.7. The summed E-state index contributed by atoms with van der Waals surface area (Å²) < 4.78 is 28.5. The predicted molar refractivity (Wildman–Crippen MR) is 134 cm³/mol. The van der Waals surface area contributed by atoms with Crippen LogP contribution in [0.2, 0.25) is 0 Å². The Kier molecular flexibility index (Phi) is 8.26. The third-order valence-corrected chi connectivity index (χ3v) is 7.11. The zero-order valence-electron chi connectivity index (χ0n) is 21.5. The first-order valence-corrected chi connectivity index (χ1v) is 12.7. The van der Waals surface area contributed by atoms with E-state index in [-0.39, 0.29) is 28.4 Å². The van der Waals surface area contributed by atoms with Crippen LogP contribution in [-0.4, -0.2) is 125 Å². The van der Waals surface area contributed by atoms with Crippen LogP contribution in [0.5, 0.6) is 34.5 Å². The van der Waals surface area contributed by atoms with E-state index >= 15 is 0 Å². The number of aromatic hydroxyl groups is 5. The minimum absolute atomic E-state index is 0.00162. The van der Waals surface area contributed by atoms with Crippen molar-refractivity contribution >= 4 is 6.08 Å². The van der Waals surface area contributed by atoms with Gasteiger partial charge in [-0.1, -0.05) is 0 Å². The van der Waals surface area contributed by atoms with Crippen molar-refractivity contribution in [2.45, 2.75) is 61.4 Å². The van der Waals surface area contributed by atoms with Gasteiger partial charge in [0.05, 0.1) is 18.8 Å². The maximum Gasteiger partial charge on any atom is 0.229 e. The lowest BCUT2D eigenvalue weighted by Gasteiger charge is -2.45. The highest BCUT2D eigenvalue weighted by atomic mass is 16.8. The molecule has 0 aromatic heterocycles. The summed E-state index contributed by atoms with van der Waals surface area (Å²) in [5, 5.41) is 112. The summed E-state index contributed by atoms with van der Waals surface area (Å²) in [7, 11) is 0. The van der Waals surface area contributed by atoms with E-state index in [2.05, 4.69) is 0 Å². The van der Waals surface area contributed by atoms with Gasteiger partial charge in [0.25, 0.3) is 0 Å². The largest absolute Gasteiger partial charge is 0.508 e. The number of phenols is 5. The molecule has 16 heteroatoms. The van der Waals surface area contributed by atoms with Crippen molar-refractivity contribution in [2.75, 3.05) is 13.2 Å². The van der Waals surface area contributed by atoms with Gasteiger partial charge in [0.1, 0.15) is 59.6 Å². The van der Waals surface area contributed by atoms with Gasteiger partial charge in [0, 0.05) is 17.7 Å². The van der Waals surface area contributed by atoms with E-state index in [1.165, 1.54) is 12.1 Å². The fourth-order valence-corrected chi connectivity index (χ4v) is 4.83. The average Bonchev–Trinajstić information content (AvgIpc) is 2.95. The van der Waals surface area contributed by atoms with Crippen molar-refractivity contribution in [3.05, 3.63) is 41.2 Å². The van der Waals surface area contributed by atoms with E-state index in [4.69, 9.17) is 23.7 Å². The standard InChI is InChI=1S/C26H30O16/c27-6-17-20(35)21(36)24(42-25-22(37)19(34)14(32)7-38-25)26(41-17)40-16-5-10-11(29)3-9(28)4-15(10)39-23(16)8-1-12(30)18(33)13(31)2-8/h1-5,14,17,19-37H,6-7H2/t14-,17+,19-,20+,21-,22-,23?,24+,25+,26+/m0/s1. The van der Waals surface area contributed by atoms with Crippen molar-refractivity contribution < 1.29 is 79.9 Å². The minimum Gasteiger partial charge on any atom is -0.508 e. The second kappa shape index (κ2) is 11.6. The molecule has 3 aliphatic heterocycles. The van der Waals surface area contributed by atoms with Gasteiger partial charge in [-0.3, -0.25) is 0 Å². The maximum atomic E-state index is 10.9. The summed E-state index contributed by atoms with van der Waals surface area (Å²) in [4.78, 5) is 0. The highest BCUT2D eigenvalue weighted by Gasteiger charge is 2.50. The van der Waals surface area contributed by atoms with Crippen LogP contribution in [0.15, 0.2) is 30.0 Å². The van der Waals surface area contributed by atoms with Crippen molar-refractivity contribution in [1.29, 1.82) is 0 Å². The Balaban J connectivity index is 1.53. The molecule has 1 unspecified atom stereocenters. The molecule has 0 saturated carbocycles. The van der Waals surface area contributed by atoms with Crippen LogP contribution in [0.25, 0.3) is 6.08 Å². The molecule has 230 valence electrons. The van der Waals surface area contributed by atoms with Crippen molar-refractivity contribution in [1.82, 2.24) is 0 Å². The van der Waals surface area contributed by atoms with Crippen LogP contribution in [0.3, 0.4) is 0 Å². The van der Waals surface area contributed by atoms with Crippen molar-refractivity contribution in [3.8, 4) is 34.5 Å². The lowest BCUT2D eigenvalue weighted by molar-refractivity contribution is -0.352. The van der Waals surface area contributed by atoms with E-state index in [1.807, 2.05) is 0 Å². The normalized spacial score (nSPS) is 34.7. The SMILES string of the molecule is OC[C@H]1O[C@@H](OC2=Cc3c(O)cc(O)cc3OC2c2cc(O)c(O)c(O)c2)[C@H](O[C@H]2OC[C@H](O)[C@H](O)[C@@H]2O)[C@@H](O)[C@@H]1O. The van der Waals surface area contributed by atoms with Gasteiger partial charge in [-0.05, 0) is 18.2 Å². The second-order valence-corrected chi connectivity index (χ2v) is 10.0. The Bertz CT molecular complexity index is 1310. The molecule has 42 heavy (non-hydrogen) atoms. The van der Waals surface area contributed by atoms with Gasteiger partial charge in [-0.2, -0.15) is 0 Å². The summed E-state index contributed by atoms with van der Waals surface area (Å²) in [6.45, 7) is -1.22. The van der Waals surface area contributed by atoms with Crippen LogP contribution in [0, 0.1) is 0 Å². The number of aliphatic hydroxyl groups excluding tert-OH is 6. The Hall–Kier alpha value is -3.58. The summed E-state index contributed by atoms with van der Waals surface area (Å²) in [6, 6.07) is 4.26. The molecular weight excluding hydrogens is 568 g/mol. The Labute approximate surface area is 236 Å². The molecule has 0 bridgehead atoms. The zero-order chi connectivity index (χ0) is 30.5. The summed E-state index contributed by atoms with van der Waals surface area (Å²) >= 11 is 0. The van der Waals surface area contributed by atoms with E-state index in [1.54, 1.807) is 0 Å². The average molecular weight is 599 g/mol. The topological polar surface area (TPSA) is 269 Å². The van der Waals surface area contributed by atoms with Crippen LogP contribution in [0.1, 0.15) is 17.2 Å². The highest BCUT2D eigenvalue weighted by Crippen LogP contribution is 2.47. The van der Waals surface area contributed by atoms with Gasteiger partial charge in [-0.15, -0.1) is 0 Å². The van der Waals surface area contributed by atoms with Crippen molar-refractivity contribution in [3.63, 3.8) is 0 Å². The number of phenolic OH excluding ortho intramolecular Hbond substituents is 5. The lowest BCUT2D eigenvalue weighted by Crippen LogP contribution is -2.63. The molecule has 3 aliphatic rings. The molecule has 16 nitrogen and oxygen atoms in total. The molecule has 2 aromatic rings. The molecule has 10 atom stereocenters. The number of fused-ring (bicyclic) bond motifs is 1. The van der Waals surface area contributed by atoms with E-state index in [9.17, 15) is 56.2 Å². The quantitative estimate of drug-likeness (QED) is 0.160. The molecule has 0 spiro atoms. The van der Waals surface area contributed by atoms with Gasteiger partial charge in [-0.25, -0.2) is 0 Å². The fraction of sp³-hybridized carbons (Fsp3) is 0.462. The highest BCUT2D eigenvalue weighted by molar-refractivity contribution is 5.70. The summed E-state index contributed by atoms with van der Waals surface area (Å²) in [5.74, 6) is -3.33. The third-order valence-electron chi connectivity index (χ3n) is 7.11.